The van der Waals surface area contributed by atoms with Crippen LogP contribution in [0.1, 0.15) is 53.4 Å². The predicted octanol–water partition coefficient (Wildman–Crippen LogP) is 4.01. The Morgan fingerprint density at radius 2 is 1.81 bits per heavy atom. The molecule has 0 amide bonds. The van der Waals surface area contributed by atoms with Crippen molar-refractivity contribution in [2.45, 2.75) is 72.0 Å². The highest BCUT2D eigenvalue weighted by molar-refractivity contribution is 6.64. The lowest BCUT2D eigenvalue weighted by Crippen LogP contribution is -2.58. The van der Waals surface area contributed by atoms with E-state index in [1.54, 1.807) is 5.20 Å². The van der Waals surface area contributed by atoms with Gasteiger partial charge in [-0.2, -0.15) is 0 Å². The van der Waals surface area contributed by atoms with E-state index in [1.807, 2.05) is 0 Å². The van der Waals surface area contributed by atoms with Crippen LogP contribution in [0.2, 0.25) is 13.1 Å². The maximum absolute atomic E-state index is 6.65. The van der Waals surface area contributed by atoms with Gasteiger partial charge >= 0.3 is 0 Å². The number of nitrogens with two attached hydrogens (primary N) is 1. The molecule has 21 heavy (non-hydrogen) atoms. The van der Waals surface area contributed by atoms with Crippen LogP contribution in [0.5, 0.6) is 0 Å². The minimum atomic E-state index is -0.696. The van der Waals surface area contributed by atoms with Crippen LogP contribution in [0.3, 0.4) is 0 Å². The van der Waals surface area contributed by atoms with E-state index in [2.05, 4.69) is 57.9 Å². The maximum atomic E-state index is 6.65. The van der Waals surface area contributed by atoms with E-state index in [-0.39, 0.29) is 5.54 Å². The van der Waals surface area contributed by atoms with Crippen molar-refractivity contribution in [2.75, 3.05) is 0 Å². The Hall–Kier alpha value is -0.543. The molecule has 3 rings (SSSR count). The fraction of sp³-hybridized carbons (Fsp3) is 0.778. The van der Waals surface area contributed by atoms with E-state index >= 15 is 0 Å². The van der Waals surface area contributed by atoms with E-state index in [4.69, 9.17) is 5.84 Å². The van der Waals surface area contributed by atoms with Crippen LogP contribution in [-0.2, 0) is 0 Å². The summed E-state index contributed by atoms with van der Waals surface area (Å²) in [5.41, 5.74) is 2.23. The molecule has 0 bridgehead atoms. The monoisotopic (exact) mass is 304 g/mol. The molecule has 0 radical (unpaired) electrons. The van der Waals surface area contributed by atoms with Gasteiger partial charge in [-0.1, -0.05) is 45.1 Å². The Balaban J connectivity index is 2.03. The van der Waals surface area contributed by atoms with Gasteiger partial charge in [0.25, 0.3) is 0 Å². The molecule has 0 aromatic carbocycles. The van der Waals surface area contributed by atoms with Crippen molar-refractivity contribution in [3.05, 3.63) is 23.0 Å². The molecule has 1 heterocycles. The van der Waals surface area contributed by atoms with Crippen LogP contribution < -0.4 is 5.84 Å². The average molecular weight is 305 g/mol. The number of hydrogen-bond donors (Lipinski definition) is 1. The van der Waals surface area contributed by atoms with Crippen molar-refractivity contribution in [2.24, 2.45) is 22.6 Å². The third-order valence-corrected chi connectivity index (χ3v) is 8.87. The summed E-state index contributed by atoms with van der Waals surface area (Å²) in [6.07, 6.45) is 9.83. The van der Waals surface area contributed by atoms with Crippen LogP contribution in [0.15, 0.2) is 23.0 Å². The third kappa shape index (κ3) is 2.00. The van der Waals surface area contributed by atoms with Gasteiger partial charge in [-0.25, -0.2) is 5.84 Å². The molecule has 3 heteroatoms. The Morgan fingerprint density at radius 3 is 2.43 bits per heavy atom. The van der Waals surface area contributed by atoms with Gasteiger partial charge in [-0.05, 0) is 44.1 Å². The zero-order chi connectivity index (χ0) is 15.6. The standard InChI is InChI=1S/C18H32N2Si/c1-16(2)9-10-17(3)14-11-13(21(5)6)7-8-15(14)20(19)18(17,4)12-16/h7-8,14,21H,9-12,19H2,1-6H3. The normalized spacial score (nSPS) is 41.5. The second kappa shape index (κ2) is 4.48. The molecule has 118 valence electrons. The molecule has 1 saturated carbocycles. The molecule has 3 unspecified atom stereocenters. The van der Waals surface area contributed by atoms with Gasteiger partial charge in [0.2, 0.25) is 0 Å². The van der Waals surface area contributed by atoms with E-state index in [0.29, 0.717) is 16.7 Å². The van der Waals surface area contributed by atoms with E-state index < -0.39 is 8.80 Å². The van der Waals surface area contributed by atoms with Gasteiger partial charge in [-0.15, -0.1) is 0 Å². The van der Waals surface area contributed by atoms with Gasteiger partial charge < -0.3 is 5.01 Å². The first-order valence-corrected chi connectivity index (χ1v) is 11.4. The number of allylic oxidation sites excluding steroid dienone is 4. The van der Waals surface area contributed by atoms with Gasteiger partial charge in [-0.3, -0.25) is 0 Å². The molecule has 0 aromatic rings. The molecule has 2 aliphatic carbocycles. The number of fused-ring (bicyclic) bond motifs is 3. The lowest BCUT2D eigenvalue weighted by Gasteiger charge is -2.54. The molecule has 1 saturated heterocycles. The Labute approximate surface area is 132 Å². The minimum Gasteiger partial charge on any atom is -0.308 e. The first-order valence-electron chi connectivity index (χ1n) is 8.56. The highest BCUT2D eigenvalue weighted by Crippen LogP contribution is 2.64. The smallest absolute Gasteiger partial charge is 0.0595 e. The van der Waals surface area contributed by atoms with Crippen LogP contribution in [0, 0.1) is 16.7 Å². The molecule has 3 aliphatic rings. The van der Waals surface area contributed by atoms with Crippen molar-refractivity contribution < 1.29 is 0 Å². The lowest BCUT2D eigenvalue weighted by atomic mass is 9.53. The van der Waals surface area contributed by atoms with Crippen LogP contribution >= 0.6 is 0 Å². The van der Waals surface area contributed by atoms with Crippen molar-refractivity contribution in [1.82, 2.24) is 5.01 Å². The highest BCUT2D eigenvalue weighted by Gasteiger charge is 2.63. The molecule has 2 N–H and O–H groups in total. The molecule has 0 spiro atoms. The van der Waals surface area contributed by atoms with E-state index in [0.717, 1.165) is 0 Å². The Bertz CT molecular complexity index is 519. The summed E-state index contributed by atoms with van der Waals surface area (Å²) in [6, 6.07) is 0. The Kier molecular flexibility index (Phi) is 3.28. The molecule has 0 aromatic heterocycles. The van der Waals surface area contributed by atoms with Crippen molar-refractivity contribution in [3.63, 3.8) is 0 Å². The first-order chi connectivity index (χ1) is 9.61. The molecule has 2 nitrogen and oxygen atoms in total. The fourth-order valence-corrected chi connectivity index (χ4v) is 6.42. The summed E-state index contributed by atoms with van der Waals surface area (Å²) >= 11 is 0. The first kappa shape index (κ1) is 15.4. The maximum Gasteiger partial charge on any atom is 0.0595 e. The number of hydrogen-bond acceptors (Lipinski definition) is 2. The summed E-state index contributed by atoms with van der Waals surface area (Å²) in [5, 5.41) is 3.89. The third-order valence-electron chi connectivity index (χ3n) is 6.96. The number of hydrazine groups is 1. The quantitative estimate of drug-likeness (QED) is 0.586. The fourth-order valence-electron chi connectivity index (χ4n) is 5.23. The summed E-state index contributed by atoms with van der Waals surface area (Å²) in [6.45, 7) is 14.6. The Morgan fingerprint density at radius 1 is 1.14 bits per heavy atom. The second-order valence-electron chi connectivity index (χ2n) is 9.15. The molecular formula is C18H32N2Si. The van der Waals surface area contributed by atoms with Crippen LogP contribution in [-0.4, -0.2) is 19.3 Å². The van der Waals surface area contributed by atoms with Gasteiger partial charge in [0.05, 0.1) is 14.3 Å². The largest absolute Gasteiger partial charge is 0.308 e. The number of rotatable bonds is 1. The SMILES string of the molecule is C[SiH](C)C1=CC=C2C(C1)C1(C)CCC(C)(C)CC1(C)N2N. The average Bonchev–Trinajstić information content (AvgIpc) is 2.56. The van der Waals surface area contributed by atoms with Gasteiger partial charge in [0.15, 0.2) is 0 Å². The minimum absolute atomic E-state index is 0.104. The van der Waals surface area contributed by atoms with E-state index in [1.165, 1.54) is 31.4 Å². The van der Waals surface area contributed by atoms with Crippen molar-refractivity contribution >= 4 is 8.80 Å². The topological polar surface area (TPSA) is 29.3 Å². The molecular weight excluding hydrogens is 272 g/mol. The summed E-state index contributed by atoms with van der Waals surface area (Å²) in [7, 11) is -0.696. The van der Waals surface area contributed by atoms with Crippen LogP contribution in [0.25, 0.3) is 0 Å². The van der Waals surface area contributed by atoms with Crippen molar-refractivity contribution in [3.8, 4) is 0 Å². The molecule has 2 fully saturated rings. The molecule has 3 atom stereocenters. The summed E-state index contributed by atoms with van der Waals surface area (Å²) < 4.78 is 0. The van der Waals surface area contributed by atoms with Gasteiger partial charge in [0, 0.05) is 17.0 Å². The van der Waals surface area contributed by atoms with Gasteiger partial charge in [0.1, 0.15) is 0 Å². The zero-order valence-corrected chi connectivity index (χ0v) is 15.8. The predicted molar refractivity (Wildman–Crippen MR) is 93.3 cm³/mol. The number of nitrogens with zero attached hydrogens (tertiary/aromatic N) is 1. The van der Waals surface area contributed by atoms with E-state index in [9.17, 15) is 0 Å². The van der Waals surface area contributed by atoms with Crippen LogP contribution in [0.4, 0.5) is 0 Å². The highest BCUT2D eigenvalue weighted by atomic mass is 28.3. The summed E-state index contributed by atoms with van der Waals surface area (Å²) in [4.78, 5) is 0. The zero-order valence-electron chi connectivity index (χ0n) is 14.7. The second-order valence-corrected chi connectivity index (χ2v) is 12.2. The lowest BCUT2D eigenvalue weighted by molar-refractivity contribution is -0.0399. The summed E-state index contributed by atoms with van der Waals surface area (Å²) in [5.74, 6) is 7.29. The van der Waals surface area contributed by atoms with Crippen molar-refractivity contribution in [1.29, 1.82) is 0 Å². The molecule has 1 aliphatic heterocycles.